The van der Waals surface area contributed by atoms with Crippen molar-refractivity contribution in [3.8, 4) is 0 Å². The van der Waals surface area contributed by atoms with Gasteiger partial charge in [0.1, 0.15) is 0 Å². The minimum Gasteiger partial charge on any atom is -0.673 e. The second-order valence-corrected chi connectivity index (χ2v) is 6.59. The molecule has 1 nitrogen and oxygen atoms in total. The Morgan fingerprint density at radius 1 is 0.957 bits per heavy atom. The maximum absolute atomic E-state index is 6.94. The monoisotopic (exact) mass is 389 g/mol. The molecule has 0 saturated carbocycles. The first-order valence-electron chi connectivity index (χ1n) is 7.14. The van der Waals surface area contributed by atoms with Crippen LogP contribution in [0, 0.1) is 6.92 Å². The van der Waals surface area contributed by atoms with Gasteiger partial charge < -0.3 is 5.73 Å². The van der Waals surface area contributed by atoms with E-state index in [9.17, 15) is 0 Å². The van der Waals surface area contributed by atoms with Crippen LogP contribution in [0.5, 0.6) is 0 Å². The SMILES string of the molecule is CC(C)(C)[NH-].Cl.Cl.[CH2-]c1ccccc1C1=C(C)C(C)=C(C)C1.[Ti+2]. The third-order valence-electron chi connectivity index (χ3n) is 3.44. The van der Waals surface area contributed by atoms with E-state index in [0.29, 0.717) is 0 Å². The molecular weight excluding hydrogens is 361 g/mol. The van der Waals surface area contributed by atoms with Crippen LogP contribution in [0.2, 0.25) is 0 Å². The number of hydrogen-bond acceptors (Lipinski definition) is 0. The van der Waals surface area contributed by atoms with Crippen LogP contribution in [0.25, 0.3) is 11.3 Å². The van der Waals surface area contributed by atoms with E-state index in [1.54, 1.807) is 0 Å². The van der Waals surface area contributed by atoms with Crippen molar-refractivity contribution >= 4 is 30.4 Å². The molecule has 0 spiro atoms. The molecule has 0 radical (unpaired) electrons. The van der Waals surface area contributed by atoms with Crippen LogP contribution in [-0.2, 0) is 21.7 Å². The van der Waals surface area contributed by atoms with Crippen LogP contribution >= 0.6 is 24.8 Å². The molecule has 0 fully saturated rings. The van der Waals surface area contributed by atoms with Crippen LogP contribution in [0.4, 0.5) is 0 Å². The number of nitrogens with one attached hydrogen (secondary N) is 1. The van der Waals surface area contributed by atoms with E-state index < -0.39 is 0 Å². The van der Waals surface area contributed by atoms with Gasteiger partial charge in [-0.25, -0.2) is 0 Å². The third-order valence-corrected chi connectivity index (χ3v) is 3.44. The molecule has 1 aliphatic rings. The van der Waals surface area contributed by atoms with Gasteiger partial charge in [-0.15, -0.1) is 48.0 Å². The molecule has 0 atom stereocenters. The van der Waals surface area contributed by atoms with Crippen molar-refractivity contribution in [2.24, 2.45) is 0 Å². The fraction of sp³-hybridized carbons (Fsp3) is 0.421. The fourth-order valence-electron chi connectivity index (χ4n) is 2.19. The Balaban J connectivity index is -0.000000444. The summed E-state index contributed by atoms with van der Waals surface area (Å²) in [4.78, 5) is 0. The summed E-state index contributed by atoms with van der Waals surface area (Å²) in [5, 5.41) is 0. The zero-order valence-electron chi connectivity index (χ0n) is 15.0. The van der Waals surface area contributed by atoms with E-state index in [1.165, 1.54) is 27.9 Å². The van der Waals surface area contributed by atoms with Crippen molar-refractivity contribution in [2.45, 2.75) is 53.5 Å². The van der Waals surface area contributed by atoms with Gasteiger partial charge in [0.25, 0.3) is 0 Å². The van der Waals surface area contributed by atoms with Crippen LogP contribution in [0.3, 0.4) is 0 Å². The number of halogens is 2. The maximum Gasteiger partial charge on any atom is 2.00 e. The van der Waals surface area contributed by atoms with Crippen molar-refractivity contribution in [3.05, 3.63) is 64.8 Å². The molecule has 1 aromatic rings. The zero-order chi connectivity index (χ0) is 15.5. The summed E-state index contributed by atoms with van der Waals surface area (Å²) < 4.78 is 0. The Bertz CT molecular complexity index is 549. The number of hydrogen-bond donors (Lipinski definition) is 0. The van der Waals surface area contributed by atoms with Crippen molar-refractivity contribution in [1.82, 2.24) is 0 Å². The topological polar surface area (TPSA) is 23.8 Å². The predicted octanol–water partition coefficient (Wildman–Crippen LogP) is 7.06. The largest absolute Gasteiger partial charge is 2.00 e. The van der Waals surface area contributed by atoms with Crippen LogP contribution in [0.15, 0.2) is 41.0 Å². The first kappa shape index (κ1) is 27.7. The van der Waals surface area contributed by atoms with Crippen molar-refractivity contribution in [3.63, 3.8) is 0 Å². The molecule has 0 unspecified atom stereocenters. The smallest absolute Gasteiger partial charge is 0.673 e. The average molecular weight is 390 g/mol. The van der Waals surface area contributed by atoms with Crippen molar-refractivity contribution in [1.29, 1.82) is 0 Å². The molecule has 0 heterocycles. The Morgan fingerprint density at radius 3 is 1.74 bits per heavy atom. The van der Waals surface area contributed by atoms with Gasteiger partial charge in [-0.2, -0.15) is 18.6 Å². The first-order valence-corrected chi connectivity index (χ1v) is 7.14. The molecular formula is C19H29Cl2NTi. The van der Waals surface area contributed by atoms with E-state index in [-0.39, 0.29) is 52.1 Å². The number of benzene rings is 1. The summed E-state index contributed by atoms with van der Waals surface area (Å²) in [5.41, 5.74) is 15.0. The Hall–Kier alpha value is -0.176. The molecule has 1 N–H and O–H groups in total. The molecule has 128 valence electrons. The first-order chi connectivity index (χ1) is 9.11. The van der Waals surface area contributed by atoms with Gasteiger partial charge in [0, 0.05) is 0 Å². The Morgan fingerprint density at radius 2 is 1.39 bits per heavy atom. The molecule has 23 heavy (non-hydrogen) atoms. The average Bonchev–Trinajstić information content (AvgIpc) is 2.56. The van der Waals surface area contributed by atoms with Gasteiger partial charge in [-0.05, 0) is 32.8 Å². The standard InChI is InChI=1S/C15H17.C4H10N.2ClH.Ti/c1-10-7-5-6-8-14(10)15-9-11(2)12(3)13(15)4;1-4(2,3)5;;;/h5-8H,1,9H2,2-4H3;5H,1-3H3;2*1H;/q2*-1;;;+2. The maximum atomic E-state index is 6.94. The minimum atomic E-state index is -0.250. The fourth-order valence-corrected chi connectivity index (χ4v) is 2.19. The third kappa shape index (κ3) is 9.03. The molecule has 4 heteroatoms. The van der Waals surface area contributed by atoms with Crippen molar-refractivity contribution < 1.29 is 21.7 Å². The Labute approximate surface area is 169 Å². The van der Waals surface area contributed by atoms with Gasteiger partial charge in [-0.1, -0.05) is 43.6 Å². The molecule has 0 bridgehead atoms. The molecule has 1 aliphatic carbocycles. The van der Waals surface area contributed by atoms with E-state index >= 15 is 0 Å². The van der Waals surface area contributed by atoms with E-state index in [4.69, 9.17) is 5.73 Å². The summed E-state index contributed by atoms with van der Waals surface area (Å²) >= 11 is 0. The van der Waals surface area contributed by atoms with Crippen molar-refractivity contribution in [2.75, 3.05) is 0 Å². The summed E-state index contributed by atoms with van der Waals surface area (Å²) in [6, 6.07) is 8.39. The second kappa shape index (κ2) is 11.4. The van der Waals surface area contributed by atoms with Gasteiger partial charge in [0.2, 0.25) is 0 Å². The minimum absolute atomic E-state index is 0. The molecule has 0 amide bonds. The molecule has 0 saturated heterocycles. The molecule has 0 aromatic heterocycles. The van der Waals surface area contributed by atoms with Gasteiger partial charge in [0.05, 0.1) is 0 Å². The molecule has 2 rings (SSSR count). The van der Waals surface area contributed by atoms with Gasteiger partial charge >= 0.3 is 21.7 Å². The quantitative estimate of drug-likeness (QED) is 0.362. The summed E-state index contributed by atoms with van der Waals surface area (Å²) in [5.74, 6) is 0. The van der Waals surface area contributed by atoms with E-state index in [2.05, 4.69) is 45.9 Å². The summed E-state index contributed by atoms with van der Waals surface area (Å²) in [6.07, 6.45) is 1.09. The summed E-state index contributed by atoms with van der Waals surface area (Å²) in [6.45, 7) is 16.3. The van der Waals surface area contributed by atoms with Crippen LogP contribution in [0.1, 0.15) is 59.1 Å². The second-order valence-electron chi connectivity index (χ2n) is 6.59. The van der Waals surface area contributed by atoms with E-state index in [0.717, 1.165) is 12.0 Å². The van der Waals surface area contributed by atoms with Crippen LogP contribution < -0.4 is 0 Å². The Kier molecular flexibility index (Phi) is 13.7. The summed E-state index contributed by atoms with van der Waals surface area (Å²) in [7, 11) is 0. The van der Waals surface area contributed by atoms with Crippen LogP contribution in [-0.4, -0.2) is 5.54 Å². The predicted molar refractivity (Wildman–Crippen MR) is 105 cm³/mol. The molecule has 0 aliphatic heterocycles. The normalized spacial score (nSPS) is 13.3. The number of rotatable bonds is 1. The van der Waals surface area contributed by atoms with Gasteiger partial charge in [-0.3, -0.25) is 0 Å². The zero-order valence-corrected chi connectivity index (χ0v) is 18.2. The van der Waals surface area contributed by atoms with E-state index in [1.807, 2.05) is 26.8 Å². The van der Waals surface area contributed by atoms with Gasteiger partial charge in [0.15, 0.2) is 0 Å². The molecule has 1 aromatic carbocycles. The number of allylic oxidation sites excluding steroid dienone is 4.